The van der Waals surface area contributed by atoms with Crippen molar-refractivity contribution in [2.24, 2.45) is 0 Å². The summed E-state index contributed by atoms with van der Waals surface area (Å²) in [6.45, 7) is 12.6. The van der Waals surface area contributed by atoms with Crippen LogP contribution < -0.4 is 0 Å². The zero-order valence-electron chi connectivity index (χ0n) is 13.3. The minimum absolute atomic E-state index is 0.169. The molecule has 0 radical (unpaired) electrons. The van der Waals surface area contributed by atoms with Crippen LogP contribution in [0.1, 0.15) is 32.6 Å². The van der Waals surface area contributed by atoms with Crippen molar-refractivity contribution in [1.82, 2.24) is 0 Å². The Bertz CT molecular complexity index is 347. The van der Waals surface area contributed by atoms with E-state index in [4.69, 9.17) is 9.47 Å². The zero-order valence-corrected chi connectivity index (χ0v) is 14.3. The average molecular weight is 296 g/mol. The first-order valence-electron chi connectivity index (χ1n) is 7.31. The molecule has 0 heterocycles. The molecule has 114 valence electrons. The van der Waals surface area contributed by atoms with Crippen molar-refractivity contribution in [3.8, 4) is 11.8 Å². The molecule has 0 aromatic carbocycles. The molecule has 0 rings (SSSR count). The molecule has 0 aromatic heterocycles. The number of unbranched alkanes of at least 4 members (excludes halogenated alkanes) is 2. The summed E-state index contributed by atoms with van der Waals surface area (Å²) in [7, 11) is -1.18. The van der Waals surface area contributed by atoms with Crippen molar-refractivity contribution in [3.63, 3.8) is 0 Å². The first-order chi connectivity index (χ1) is 9.39. The van der Waals surface area contributed by atoms with Crippen molar-refractivity contribution in [2.75, 3.05) is 6.61 Å². The standard InChI is InChI=1S/C16H28O3Si/c1-6-8-9-11-15(12-10-14-20(3,4)5)19-16(17)18-13-7-2/h7,15H,2,6,8-9,11,13-14H2,1,3-5H3. The van der Waals surface area contributed by atoms with E-state index in [2.05, 4.69) is 45.0 Å². The van der Waals surface area contributed by atoms with Gasteiger partial charge in [0.2, 0.25) is 0 Å². The lowest BCUT2D eigenvalue weighted by Crippen LogP contribution is -2.20. The van der Waals surface area contributed by atoms with Crippen LogP contribution in [0.15, 0.2) is 12.7 Å². The molecule has 4 heteroatoms. The number of hydrogen-bond donors (Lipinski definition) is 0. The van der Waals surface area contributed by atoms with E-state index in [0.29, 0.717) is 0 Å². The normalized spacial score (nSPS) is 12.0. The van der Waals surface area contributed by atoms with Gasteiger partial charge in [-0.1, -0.05) is 58.0 Å². The SMILES string of the molecule is C=CCOC(=O)OC(C#CC[Si](C)(C)C)CCCCC. The maximum atomic E-state index is 11.5. The molecule has 0 aliphatic rings. The number of ether oxygens (including phenoxy) is 2. The third-order valence-corrected chi connectivity index (χ3v) is 3.75. The van der Waals surface area contributed by atoms with E-state index in [1.54, 1.807) is 0 Å². The van der Waals surface area contributed by atoms with E-state index in [1.807, 2.05) is 0 Å². The molecule has 0 N–H and O–H groups in total. The number of rotatable bonds is 8. The second-order valence-corrected chi connectivity index (χ2v) is 11.5. The molecule has 0 spiro atoms. The van der Waals surface area contributed by atoms with Crippen LogP contribution in [0, 0.1) is 11.8 Å². The Labute approximate surface area is 124 Å². The van der Waals surface area contributed by atoms with Gasteiger partial charge in [-0.2, -0.15) is 0 Å². The maximum absolute atomic E-state index is 11.5. The van der Waals surface area contributed by atoms with Crippen LogP contribution in [0.25, 0.3) is 0 Å². The molecule has 1 atom stereocenters. The highest BCUT2D eigenvalue weighted by Gasteiger charge is 2.14. The first-order valence-corrected chi connectivity index (χ1v) is 11.0. The summed E-state index contributed by atoms with van der Waals surface area (Å²) in [5, 5.41) is 0. The van der Waals surface area contributed by atoms with Gasteiger partial charge < -0.3 is 9.47 Å². The second-order valence-electron chi connectivity index (χ2n) is 6.01. The Hall–Kier alpha value is -1.21. The van der Waals surface area contributed by atoms with E-state index < -0.39 is 14.2 Å². The van der Waals surface area contributed by atoms with Gasteiger partial charge in [-0.05, 0) is 12.8 Å². The number of carbonyl (C=O) groups excluding carboxylic acids is 1. The molecular weight excluding hydrogens is 268 g/mol. The smallest absolute Gasteiger partial charge is 0.430 e. The van der Waals surface area contributed by atoms with Crippen molar-refractivity contribution in [1.29, 1.82) is 0 Å². The summed E-state index contributed by atoms with van der Waals surface area (Å²) < 4.78 is 10.1. The summed E-state index contributed by atoms with van der Waals surface area (Å²) in [6.07, 6.45) is 4.55. The lowest BCUT2D eigenvalue weighted by molar-refractivity contribution is 0.0439. The molecular formula is C16H28O3Si. The van der Waals surface area contributed by atoms with Gasteiger partial charge in [-0.15, -0.1) is 5.92 Å². The number of carbonyl (C=O) groups is 1. The van der Waals surface area contributed by atoms with Crippen LogP contribution in [0.2, 0.25) is 25.7 Å². The highest BCUT2D eigenvalue weighted by Crippen LogP contribution is 2.09. The lowest BCUT2D eigenvalue weighted by Gasteiger charge is -2.13. The summed E-state index contributed by atoms with van der Waals surface area (Å²) >= 11 is 0. The Morgan fingerprint density at radius 3 is 2.60 bits per heavy atom. The molecule has 0 aromatic rings. The Balaban J connectivity index is 4.39. The summed E-state index contributed by atoms with van der Waals surface area (Å²) in [6, 6.07) is 0.919. The quantitative estimate of drug-likeness (QED) is 0.216. The monoisotopic (exact) mass is 296 g/mol. The van der Waals surface area contributed by atoms with Crippen molar-refractivity contribution in [3.05, 3.63) is 12.7 Å². The minimum Gasteiger partial charge on any atom is -0.430 e. The van der Waals surface area contributed by atoms with E-state index in [-0.39, 0.29) is 12.7 Å². The number of hydrogen-bond acceptors (Lipinski definition) is 3. The molecule has 0 saturated heterocycles. The fraction of sp³-hybridized carbons (Fsp3) is 0.688. The third kappa shape index (κ3) is 11.9. The minimum atomic E-state index is -1.18. The van der Waals surface area contributed by atoms with Gasteiger partial charge in [-0.3, -0.25) is 0 Å². The van der Waals surface area contributed by atoms with Gasteiger partial charge in [-0.25, -0.2) is 4.79 Å². The third-order valence-electron chi connectivity index (χ3n) is 2.51. The molecule has 0 aliphatic heterocycles. The van der Waals surface area contributed by atoms with Crippen LogP contribution in [0.4, 0.5) is 4.79 Å². The lowest BCUT2D eigenvalue weighted by atomic mass is 10.1. The Morgan fingerprint density at radius 1 is 1.35 bits per heavy atom. The van der Waals surface area contributed by atoms with Gasteiger partial charge >= 0.3 is 6.16 Å². The Morgan fingerprint density at radius 2 is 2.05 bits per heavy atom. The molecule has 0 bridgehead atoms. The van der Waals surface area contributed by atoms with Crippen molar-refractivity contribution in [2.45, 2.75) is 64.4 Å². The van der Waals surface area contributed by atoms with E-state index in [9.17, 15) is 4.79 Å². The second kappa shape index (κ2) is 10.6. The predicted octanol–water partition coefficient (Wildman–Crippen LogP) is 4.62. The van der Waals surface area contributed by atoms with Crippen LogP contribution in [0.5, 0.6) is 0 Å². The van der Waals surface area contributed by atoms with E-state index >= 15 is 0 Å². The molecule has 3 nitrogen and oxygen atoms in total. The van der Waals surface area contributed by atoms with Crippen molar-refractivity contribution < 1.29 is 14.3 Å². The molecule has 0 aliphatic carbocycles. The molecule has 0 fully saturated rings. The zero-order chi connectivity index (χ0) is 15.4. The molecule has 1 unspecified atom stereocenters. The van der Waals surface area contributed by atoms with E-state index in [0.717, 1.165) is 31.7 Å². The maximum Gasteiger partial charge on any atom is 0.509 e. The van der Waals surface area contributed by atoms with Gasteiger partial charge in [0, 0.05) is 6.04 Å². The molecule has 0 saturated carbocycles. The van der Waals surface area contributed by atoms with Gasteiger partial charge in [0.25, 0.3) is 0 Å². The Kier molecular flexibility index (Phi) is 9.92. The predicted molar refractivity (Wildman–Crippen MR) is 86.5 cm³/mol. The molecule has 0 amide bonds. The fourth-order valence-corrected chi connectivity index (χ4v) is 2.08. The molecule has 20 heavy (non-hydrogen) atoms. The average Bonchev–Trinajstić information content (AvgIpc) is 2.34. The van der Waals surface area contributed by atoms with Crippen molar-refractivity contribution >= 4 is 14.2 Å². The highest BCUT2D eigenvalue weighted by molar-refractivity contribution is 6.76. The van der Waals surface area contributed by atoms with Crippen LogP contribution in [-0.4, -0.2) is 26.9 Å². The van der Waals surface area contributed by atoms with Crippen LogP contribution in [0.3, 0.4) is 0 Å². The van der Waals surface area contributed by atoms with Gasteiger partial charge in [0.05, 0.1) is 8.07 Å². The first kappa shape index (κ1) is 18.8. The summed E-state index contributed by atoms with van der Waals surface area (Å²) in [5.74, 6) is 6.25. The topological polar surface area (TPSA) is 35.5 Å². The van der Waals surface area contributed by atoms with E-state index in [1.165, 1.54) is 6.08 Å². The summed E-state index contributed by atoms with van der Waals surface area (Å²) in [5.41, 5.74) is 0. The largest absolute Gasteiger partial charge is 0.509 e. The summed E-state index contributed by atoms with van der Waals surface area (Å²) in [4.78, 5) is 11.5. The van der Waals surface area contributed by atoms with Gasteiger partial charge in [0.15, 0.2) is 6.10 Å². The van der Waals surface area contributed by atoms with Gasteiger partial charge in [0.1, 0.15) is 6.61 Å². The van der Waals surface area contributed by atoms with Crippen LogP contribution >= 0.6 is 0 Å². The van der Waals surface area contributed by atoms with Crippen LogP contribution in [-0.2, 0) is 9.47 Å². The highest BCUT2D eigenvalue weighted by atomic mass is 28.3. The fourth-order valence-electron chi connectivity index (χ4n) is 1.45.